The van der Waals surface area contributed by atoms with Crippen LogP contribution in [-0.2, 0) is 0 Å². The number of nitrogens with zero attached hydrogens (tertiary/aromatic N) is 5. The lowest BCUT2D eigenvalue weighted by Gasteiger charge is -2.38. The van der Waals surface area contributed by atoms with Gasteiger partial charge in [-0.25, -0.2) is 0 Å². The molecule has 0 aliphatic carbocycles. The van der Waals surface area contributed by atoms with E-state index in [0.717, 1.165) is 31.2 Å². The first-order chi connectivity index (χ1) is 15.2. The van der Waals surface area contributed by atoms with Crippen molar-refractivity contribution in [3.63, 3.8) is 0 Å². The van der Waals surface area contributed by atoms with E-state index in [2.05, 4.69) is 20.1 Å². The highest BCUT2D eigenvalue weighted by molar-refractivity contribution is 5.97. The van der Waals surface area contributed by atoms with Crippen LogP contribution >= 0.6 is 0 Å². The van der Waals surface area contributed by atoms with Crippen molar-refractivity contribution >= 4 is 5.91 Å². The number of aromatic nitrogens is 4. The molecule has 5 heterocycles. The Labute approximate surface area is 179 Å². The molecule has 2 saturated heterocycles. The van der Waals surface area contributed by atoms with Gasteiger partial charge in [-0.05, 0) is 43.9 Å². The molecule has 2 aliphatic rings. The van der Waals surface area contributed by atoms with Gasteiger partial charge in [-0.15, -0.1) is 0 Å². The Morgan fingerprint density at radius 3 is 2.45 bits per heavy atom. The third-order valence-corrected chi connectivity index (χ3v) is 6.16. The number of pyridine rings is 2. The van der Waals surface area contributed by atoms with Crippen molar-refractivity contribution in [2.24, 2.45) is 0 Å². The Morgan fingerprint density at radius 2 is 1.77 bits per heavy atom. The highest BCUT2D eigenvalue weighted by atomic mass is 16.5. The molecule has 0 spiro atoms. The van der Waals surface area contributed by atoms with Gasteiger partial charge in [-0.3, -0.25) is 9.78 Å². The smallest absolute Gasteiger partial charge is 0.259 e. The van der Waals surface area contributed by atoms with Crippen molar-refractivity contribution in [3.05, 3.63) is 48.1 Å². The summed E-state index contributed by atoms with van der Waals surface area (Å²) < 4.78 is 16.1. The zero-order valence-electron chi connectivity index (χ0n) is 17.4. The highest BCUT2D eigenvalue weighted by Gasteiger charge is 2.45. The lowest BCUT2D eigenvalue weighted by molar-refractivity contribution is 0.0550. The quantitative estimate of drug-likeness (QED) is 0.619. The monoisotopic (exact) mass is 421 g/mol. The van der Waals surface area contributed by atoms with E-state index in [1.54, 1.807) is 24.5 Å². The standard InChI is InChI=1S/C22H23N5O4/c1-29-18-6-5-17(21(24-18)30-2)22(28)27-15-3-4-16(27)12-14(11-15)20-25-19(26-31-20)13-7-9-23-10-8-13/h5-10,14-16H,3-4,11-12H2,1-2H3/t14?,15-,16+. The maximum atomic E-state index is 13.4. The Morgan fingerprint density at radius 1 is 1.03 bits per heavy atom. The minimum atomic E-state index is -0.0547. The van der Waals surface area contributed by atoms with Gasteiger partial charge in [0.25, 0.3) is 5.91 Å². The van der Waals surface area contributed by atoms with E-state index < -0.39 is 0 Å². The van der Waals surface area contributed by atoms with Crippen LogP contribution < -0.4 is 9.47 Å². The number of hydrogen-bond donors (Lipinski definition) is 0. The molecule has 3 aromatic rings. The number of rotatable bonds is 5. The minimum absolute atomic E-state index is 0.0547. The number of carbonyl (C=O) groups is 1. The number of ether oxygens (including phenoxy) is 2. The van der Waals surface area contributed by atoms with Gasteiger partial charge in [-0.1, -0.05) is 5.16 Å². The SMILES string of the molecule is COc1ccc(C(=O)N2[C@@H]3CC[C@H]2CC(c2nc(-c4ccncc4)no2)C3)c(OC)n1. The molecule has 0 aromatic carbocycles. The summed E-state index contributed by atoms with van der Waals surface area (Å²) in [6.45, 7) is 0. The molecule has 2 bridgehead atoms. The number of carbonyl (C=O) groups excluding carboxylic acids is 1. The molecule has 3 atom stereocenters. The zero-order chi connectivity index (χ0) is 21.4. The Hall–Kier alpha value is -3.49. The third kappa shape index (κ3) is 3.49. The molecule has 160 valence electrons. The van der Waals surface area contributed by atoms with Crippen molar-refractivity contribution in [1.82, 2.24) is 25.0 Å². The Bertz CT molecular complexity index is 1070. The fourth-order valence-corrected chi connectivity index (χ4v) is 4.72. The van der Waals surface area contributed by atoms with Crippen LogP contribution in [0.5, 0.6) is 11.8 Å². The van der Waals surface area contributed by atoms with E-state index in [1.807, 2.05) is 17.0 Å². The van der Waals surface area contributed by atoms with Crippen molar-refractivity contribution < 1.29 is 18.8 Å². The van der Waals surface area contributed by atoms with Crippen molar-refractivity contribution in [2.45, 2.75) is 43.7 Å². The molecule has 0 saturated carbocycles. The van der Waals surface area contributed by atoms with E-state index in [4.69, 9.17) is 14.0 Å². The van der Waals surface area contributed by atoms with Crippen LogP contribution in [0.1, 0.15) is 47.8 Å². The average Bonchev–Trinajstić information content (AvgIpc) is 3.41. The van der Waals surface area contributed by atoms with Crippen molar-refractivity contribution in [1.29, 1.82) is 0 Å². The Balaban J connectivity index is 1.35. The predicted octanol–water partition coefficient (Wildman–Crippen LogP) is 3.09. The third-order valence-electron chi connectivity index (χ3n) is 6.16. The fourth-order valence-electron chi connectivity index (χ4n) is 4.72. The second-order valence-corrected chi connectivity index (χ2v) is 7.87. The molecular formula is C22H23N5O4. The van der Waals surface area contributed by atoms with Gasteiger partial charge in [0.15, 0.2) is 0 Å². The zero-order valence-corrected chi connectivity index (χ0v) is 17.4. The van der Waals surface area contributed by atoms with Gasteiger partial charge in [-0.2, -0.15) is 9.97 Å². The Kier molecular flexibility index (Phi) is 5.01. The normalized spacial score (nSPS) is 22.4. The molecule has 31 heavy (non-hydrogen) atoms. The lowest BCUT2D eigenvalue weighted by atomic mass is 9.90. The molecule has 1 amide bonds. The van der Waals surface area contributed by atoms with E-state index in [0.29, 0.717) is 23.2 Å². The number of amides is 1. The molecular weight excluding hydrogens is 398 g/mol. The lowest BCUT2D eigenvalue weighted by Crippen LogP contribution is -2.46. The van der Waals surface area contributed by atoms with Crippen LogP contribution in [0, 0.1) is 0 Å². The summed E-state index contributed by atoms with van der Waals surface area (Å²) in [6.07, 6.45) is 6.93. The minimum Gasteiger partial charge on any atom is -0.481 e. The van der Waals surface area contributed by atoms with Gasteiger partial charge >= 0.3 is 0 Å². The first-order valence-corrected chi connectivity index (χ1v) is 10.3. The average molecular weight is 421 g/mol. The van der Waals surface area contributed by atoms with Crippen molar-refractivity contribution in [2.75, 3.05) is 14.2 Å². The molecule has 9 nitrogen and oxygen atoms in total. The van der Waals surface area contributed by atoms with Gasteiger partial charge < -0.3 is 18.9 Å². The van der Waals surface area contributed by atoms with E-state index >= 15 is 0 Å². The number of methoxy groups -OCH3 is 2. The van der Waals surface area contributed by atoms with Crippen LogP contribution in [0.2, 0.25) is 0 Å². The molecule has 0 N–H and O–H groups in total. The van der Waals surface area contributed by atoms with Crippen LogP contribution in [0.4, 0.5) is 0 Å². The fraction of sp³-hybridized carbons (Fsp3) is 0.409. The van der Waals surface area contributed by atoms with Gasteiger partial charge in [0.2, 0.25) is 23.5 Å². The number of hydrogen-bond acceptors (Lipinski definition) is 8. The molecule has 9 heteroatoms. The van der Waals surface area contributed by atoms with Crippen molar-refractivity contribution in [3.8, 4) is 23.1 Å². The topological polar surface area (TPSA) is 103 Å². The number of piperidine rings is 1. The molecule has 0 radical (unpaired) electrons. The van der Waals surface area contributed by atoms with E-state index in [-0.39, 0.29) is 29.8 Å². The summed E-state index contributed by atoms with van der Waals surface area (Å²) in [5.41, 5.74) is 1.33. The molecule has 3 aromatic heterocycles. The summed E-state index contributed by atoms with van der Waals surface area (Å²) in [5, 5.41) is 4.14. The first-order valence-electron chi connectivity index (χ1n) is 10.3. The summed E-state index contributed by atoms with van der Waals surface area (Å²) in [5.74, 6) is 1.99. The largest absolute Gasteiger partial charge is 0.481 e. The summed E-state index contributed by atoms with van der Waals surface area (Å²) in [4.78, 5) is 28.3. The maximum absolute atomic E-state index is 13.4. The van der Waals surface area contributed by atoms with Crippen LogP contribution in [-0.4, -0.2) is 57.2 Å². The summed E-state index contributed by atoms with van der Waals surface area (Å²) in [7, 11) is 3.04. The van der Waals surface area contributed by atoms with E-state index in [9.17, 15) is 4.79 Å². The van der Waals surface area contributed by atoms with Crippen LogP contribution in [0.3, 0.4) is 0 Å². The van der Waals surface area contributed by atoms with Gasteiger partial charge in [0, 0.05) is 42.0 Å². The van der Waals surface area contributed by atoms with Crippen LogP contribution in [0.15, 0.2) is 41.2 Å². The molecule has 2 fully saturated rings. The first kappa shape index (κ1) is 19.5. The summed E-state index contributed by atoms with van der Waals surface area (Å²) >= 11 is 0. The van der Waals surface area contributed by atoms with Crippen LogP contribution in [0.25, 0.3) is 11.4 Å². The molecule has 5 rings (SSSR count). The molecule has 2 aliphatic heterocycles. The predicted molar refractivity (Wildman–Crippen MR) is 110 cm³/mol. The van der Waals surface area contributed by atoms with E-state index in [1.165, 1.54) is 14.2 Å². The summed E-state index contributed by atoms with van der Waals surface area (Å²) in [6, 6.07) is 7.37. The van der Waals surface area contributed by atoms with Gasteiger partial charge in [0.05, 0.1) is 14.2 Å². The highest BCUT2D eigenvalue weighted by Crippen LogP contribution is 2.44. The maximum Gasteiger partial charge on any atom is 0.259 e. The molecule has 1 unspecified atom stereocenters. The van der Waals surface area contributed by atoms with Gasteiger partial charge in [0.1, 0.15) is 5.56 Å². The second-order valence-electron chi connectivity index (χ2n) is 7.87. The second kappa shape index (κ2) is 7.98. The number of fused-ring (bicyclic) bond motifs is 2.